The molecule has 0 unspecified atom stereocenters. The number of aromatic nitrogens is 1. The zero-order valence-electron chi connectivity index (χ0n) is 18.6. The number of pyridine rings is 1. The van der Waals surface area contributed by atoms with Crippen molar-refractivity contribution >= 4 is 17.9 Å². The van der Waals surface area contributed by atoms with Crippen LogP contribution in [0.25, 0.3) is 0 Å². The van der Waals surface area contributed by atoms with Crippen LogP contribution in [0.3, 0.4) is 0 Å². The van der Waals surface area contributed by atoms with E-state index < -0.39 is 24.4 Å². The zero-order valence-corrected chi connectivity index (χ0v) is 18.6. The number of halogens is 2. The van der Waals surface area contributed by atoms with Crippen LogP contribution in [0.2, 0.25) is 0 Å². The van der Waals surface area contributed by atoms with E-state index in [0.717, 1.165) is 32.5 Å². The minimum absolute atomic E-state index is 0.0158. The molecule has 0 bridgehead atoms. The van der Waals surface area contributed by atoms with Gasteiger partial charge in [0.25, 0.3) is 11.8 Å². The number of hydrogen-bond donors (Lipinski definition) is 2. The minimum atomic E-state index is -2.92. The number of carbonyl (C=O) groups is 2. The number of benzene rings is 1. The van der Waals surface area contributed by atoms with E-state index in [4.69, 9.17) is 4.74 Å². The highest BCUT2D eigenvalue weighted by atomic mass is 19.3. The summed E-state index contributed by atoms with van der Waals surface area (Å²) in [5.41, 5.74) is 1.86. The van der Waals surface area contributed by atoms with Crippen LogP contribution in [0.4, 0.5) is 14.5 Å². The lowest BCUT2D eigenvalue weighted by molar-refractivity contribution is -0.188. The summed E-state index contributed by atoms with van der Waals surface area (Å²) < 4.78 is 32.1. The number of nitrogens with one attached hydrogen (secondary N) is 2. The van der Waals surface area contributed by atoms with Gasteiger partial charge < -0.3 is 15.4 Å². The van der Waals surface area contributed by atoms with Crippen molar-refractivity contribution in [2.45, 2.75) is 43.8 Å². The summed E-state index contributed by atoms with van der Waals surface area (Å²) in [6.45, 7) is 3.35. The predicted molar refractivity (Wildman–Crippen MR) is 120 cm³/mol. The van der Waals surface area contributed by atoms with Crippen molar-refractivity contribution in [3.63, 3.8) is 0 Å². The first-order valence-corrected chi connectivity index (χ1v) is 11.1. The molecule has 1 amide bonds. The van der Waals surface area contributed by atoms with Crippen LogP contribution in [0.1, 0.15) is 40.7 Å². The lowest BCUT2D eigenvalue weighted by Gasteiger charge is -2.42. The monoisotopic (exact) mass is 458 g/mol. The second kappa shape index (κ2) is 9.43. The van der Waals surface area contributed by atoms with Gasteiger partial charge in [0.2, 0.25) is 5.88 Å². The molecule has 2 aromatic rings. The van der Waals surface area contributed by atoms with Crippen LogP contribution in [-0.4, -0.2) is 60.3 Å². The molecule has 1 saturated carbocycles. The third kappa shape index (κ3) is 5.30. The van der Waals surface area contributed by atoms with Crippen LogP contribution < -0.4 is 15.4 Å². The maximum Gasteiger partial charge on any atom is 0.256 e. The first kappa shape index (κ1) is 23.1. The van der Waals surface area contributed by atoms with Gasteiger partial charge in [0.1, 0.15) is 0 Å². The van der Waals surface area contributed by atoms with E-state index >= 15 is 0 Å². The molecule has 1 aromatic carbocycles. The molecule has 33 heavy (non-hydrogen) atoms. The quantitative estimate of drug-likeness (QED) is 0.444. The maximum absolute atomic E-state index is 13.3. The Kier molecular flexibility index (Phi) is 6.60. The van der Waals surface area contributed by atoms with Gasteiger partial charge in [-0.1, -0.05) is 24.3 Å². The largest absolute Gasteiger partial charge is 0.461 e. The molecule has 7 nitrogen and oxygen atoms in total. The highest BCUT2D eigenvalue weighted by Gasteiger charge is 2.59. The van der Waals surface area contributed by atoms with E-state index in [9.17, 15) is 18.4 Å². The molecule has 0 spiro atoms. The highest BCUT2D eigenvalue weighted by molar-refractivity contribution is 5.95. The molecule has 1 aromatic heterocycles. The lowest BCUT2D eigenvalue weighted by atomic mass is 9.77. The van der Waals surface area contributed by atoms with Crippen LogP contribution >= 0.6 is 0 Å². The number of amides is 1. The number of alkyl halides is 2. The summed E-state index contributed by atoms with van der Waals surface area (Å²) in [7, 11) is 1.60. The molecule has 1 fully saturated rings. The lowest BCUT2D eigenvalue weighted by Crippen LogP contribution is -2.57. The van der Waals surface area contributed by atoms with Crippen LogP contribution in [0.15, 0.2) is 36.5 Å². The average Bonchev–Trinajstić information content (AvgIpc) is 2.80. The number of hydrogen-bond acceptors (Lipinski definition) is 6. The molecule has 1 aliphatic carbocycles. The predicted octanol–water partition coefficient (Wildman–Crippen LogP) is 3.05. The van der Waals surface area contributed by atoms with Crippen molar-refractivity contribution in [2.24, 2.45) is 0 Å². The van der Waals surface area contributed by atoms with Crippen LogP contribution in [-0.2, 0) is 17.8 Å². The molecule has 4 rings (SSSR count). The van der Waals surface area contributed by atoms with E-state index in [-0.39, 0.29) is 11.8 Å². The molecule has 1 aliphatic heterocycles. The smallest absolute Gasteiger partial charge is 0.256 e. The molecule has 9 heteroatoms. The summed E-state index contributed by atoms with van der Waals surface area (Å²) in [5.74, 6) is -3.19. The standard InChI is InChI=1S/C24H28F2N4O3/c1-27-20-11-19(12-29-22(20)33-23(16-31)14-24(25,26)15-23)21(32)28-8-4-9-30-10-7-17-5-2-3-6-18(17)13-30/h2-3,5-6,11-12,16,27H,4,7-10,13-15H2,1H3,(H,28,32). The van der Waals surface area contributed by atoms with Gasteiger partial charge in [0.05, 0.1) is 24.1 Å². The van der Waals surface area contributed by atoms with Gasteiger partial charge in [-0.05, 0) is 30.0 Å². The Morgan fingerprint density at radius 2 is 2.03 bits per heavy atom. The fourth-order valence-electron chi connectivity index (χ4n) is 4.38. The van der Waals surface area contributed by atoms with Gasteiger partial charge in [-0.2, -0.15) is 0 Å². The summed E-state index contributed by atoms with van der Waals surface area (Å²) in [4.78, 5) is 30.3. The molecule has 0 radical (unpaired) electrons. The van der Waals surface area contributed by atoms with Crippen LogP contribution in [0.5, 0.6) is 5.88 Å². The van der Waals surface area contributed by atoms with E-state index in [0.29, 0.717) is 24.1 Å². The van der Waals surface area contributed by atoms with Crippen molar-refractivity contribution < 1.29 is 23.1 Å². The molecule has 176 valence electrons. The number of rotatable bonds is 9. The van der Waals surface area contributed by atoms with Crippen molar-refractivity contribution in [3.05, 3.63) is 53.2 Å². The van der Waals surface area contributed by atoms with Crippen LogP contribution in [0, 0.1) is 0 Å². The Hall–Kier alpha value is -3.07. The molecular weight excluding hydrogens is 430 g/mol. The van der Waals surface area contributed by atoms with Crippen molar-refractivity contribution in [1.82, 2.24) is 15.2 Å². The molecule has 2 aliphatic rings. The fraction of sp³-hybridized carbons (Fsp3) is 0.458. The van der Waals surface area contributed by atoms with Crippen molar-refractivity contribution in [3.8, 4) is 5.88 Å². The second-order valence-corrected chi connectivity index (χ2v) is 8.73. The Balaban J connectivity index is 1.27. The number of ether oxygens (including phenoxy) is 1. The first-order valence-electron chi connectivity index (χ1n) is 11.1. The van der Waals surface area contributed by atoms with Gasteiger partial charge >= 0.3 is 0 Å². The number of fused-ring (bicyclic) bond motifs is 1. The number of anilines is 1. The number of carbonyl (C=O) groups excluding carboxylic acids is 2. The summed E-state index contributed by atoms with van der Waals surface area (Å²) in [6, 6.07) is 10.0. The number of nitrogens with zero attached hydrogens (tertiary/aromatic N) is 2. The van der Waals surface area contributed by atoms with Gasteiger partial charge in [0, 0.05) is 39.4 Å². The highest BCUT2D eigenvalue weighted by Crippen LogP contribution is 2.47. The number of aldehydes is 1. The van der Waals surface area contributed by atoms with Gasteiger partial charge in [0.15, 0.2) is 11.9 Å². The maximum atomic E-state index is 13.3. The SMILES string of the molecule is CNc1cc(C(=O)NCCCN2CCc3ccccc3C2)cnc1OC1(C=O)CC(F)(F)C1. The third-order valence-corrected chi connectivity index (χ3v) is 6.16. The Labute approximate surface area is 191 Å². The third-order valence-electron chi connectivity index (χ3n) is 6.16. The van der Waals surface area contributed by atoms with E-state index in [1.54, 1.807) is 7.05 Å². The molecule has 2 N–H and O–H groups in total. The first-order chi connectivity index (χ1) is 15.8. The molecular formula is C24H28F2N4O3. The average molecular weight is 459 g/mol. The fourth-order valence-corrected chi connectivity index (χ4v) is 4.38. The van der Waals surface area contributed by atoms with Crippen molar-refractivity contribution in [1.29, 1.82) is 0 Å². The summed E-state index contributed by atoms with van der Waals surface area (Å²) >= 11 is 0. The van der Waals surface area contributed by atoms with Gasteiger partial charge in [-0.15, -0.1) is 0 Å². The van der Waals surface area contributed by atoms with Gasteiger partial charge in [-0.25, -0.2) is 13.8 Å². The summed E-state index contributed by atoms with van der Waals surface area (Å²) in [5, 5.41) is 5.74. The Morgan fingerprint density at radius 1 is 1.27 bits per heavy atom. The van der Waals surface area contributed by atoms with E-state index in [1.165, 1.54) is 23.4 Å². The summed E-state index contributed by atoms with van der Waals surface area (Å²) in [6.07, 6.45) is 2.21. The minimum Gasteiger partial charge on any atom is -0.461 e. The topological polar surface area (TPSA) is 83.6 Å². The molecule has 0 atom stereocenters. The second-order valence-electron chi connectivity index (χ2n) is 8.73. The van der Waals surface area contributed by atoms with E-state index in [1.807, 2.05) is 0 Å². The molecule has 0 saturated heterocycles. The van der Waals surface area contributed by atoms with E-state index in [2.05, 4.69) is 44.8 Å². The zero-order chi connectivity index (χ0) is 23.5. The van der Waals surface area contributed by atoms with Crippen molar-refractivity contribution in [2.75, 3.05) is 32.0 Å². The Morgan fingerprint density at radius 3 is 2.73 bits per heavy atom. The Bertz CT molecular complexity index is 1020. The van der Waals surface area contributed by atoms with Gasteiger partial charge in [-0.3, -0.25) is 14.5 Å². The normalized spacial score (nSPS) is 18.5. The molecule has 2 heterocycles.